The summed E-state index contributed by atoms with van der Waals surface area (Å²) in [7, 11) is 1.62. The Morgan fingerprint density at radius 3 is 2.72 bits per heavy atom. The van der Waals surface area contributed by atoms with Crippen LogP contribution in [0.15, 0.2) is 0 Å². The molecule has 2 amide bonds. The smallest absolute Gasteiger partial charge is 0.319 e. The molecule has 1 fully saturated rings. The molecule has 6 nitrogen and oxygen atoms in total. The van der Waals surface area contributed by atoms with Crippen LogP contribution in [0, 0.1) is 11.8 Å². The number of urea groups is 1. The Morgan fingerprint density at radius 1 is 1.50 bits per heavy atom. The Bertz CT molecular complexity index is 308. The van der Waals surface area contributed by atoms with Crippen molar-refractivity contribution in [1.29, 1.82) is 0 Å². The predicted molar refractivity (Wildman–Crippen MR) is 66.2 cm³/mol. The molecule has 1 aliphatic rings. The van der Waals surface area contributed by atoms with E-state index in [0.29, 0.717) is 13.1 Å². The summed E-state index contributed by atoms with van der Waals surface area (Å²) in [5.74, 6) is -1.33. The third kappa shape index (κ3) is 3.87. The third-order valence-electron chi connectivity index (χ3n) is 3.34. The quantitative estimate of drug-likeness (QED) is 0.767. The number of carbonyl (C=O) groups excluding carboxylic acids is 1. The second-order valence-corrected chi connectivity index (χ2v) is 5.04. The second-order valence-electron chi connectivity index (χ2n) is 5.04. The molecule has 0 aromatic rings. The van der Waals surface area contributed by atoms with E-state index in [9.17, 15) is 9.59 Å². The van der Waals surface area contributed by atoms with Gasteiger partial charge in [0.15, 0.2) is 0 Å². The number of hydrogen-bond donors (Lipinski definition) is 2. The normalized spacial score (nSPS) is 21.5. The molecule has 0 spiro atoms. The molecular formula is C12H22N2O4. The first-order valence-corrected chi connectivity index (χ1v) is 6.29. The maximum atomic E-state index is 12.1. The highest BCUT2D eigenvalue weighted by Crippen LogP contribution is 2.17. The van der Waals surface area contributed by atoms with E-state index >= 15 is 0 Å². The molecule has 0 aliphatic carbocycles. The zero-order chi connectivity index (χ0) is 13.7. The summed E-state index contributed by atoms with van der Waals surface area (Å²) in [5.41, 5.74) is 0. The highest BCUT2D eigenvalue weighted by molar-refractivity contribution is 5.76. The highest BCUT2D eigenvalue weighted by Gasteiger charge is 2.26. The maximum absolute atomic E-state index is 12.1. The third-order valence-corrected chi connectivity index (χ3v) is 3.34. The zero-order valence-corrected chi connectivity index (χ0v) is 11.0. The highest BCUT2D eigenvalue weighted by atomic mass is 16.4. The standard InChI is InChI=1S/C12H22N2O4/c1-9(11(16)17)6-13(2)12(18)14-5-3-4-10(7-14)8-15/h9-10,15H,3-8H2,1-2H3,(H,16,17). The van der Waals surface area contributed by atoms with E-state index in [1.54, 1.807) is 18.9 Å². The van der Waals surface area contributed by atoms with Crippen LogP contribution < -0.4 is 0 Å². The molecule has 18 heavy (non-hydrogen) atoms. The fraction of sp³-hybridized carbons (Fsp3) is 0.833. The lowest BCUT2D eigenvalue weighted by Gasteiger charge is -2.35. The van der Waals surface area contributed by atoms with Gasteiger partial charge in [0.2, 0.25) is 0 Å². The van der Waals surface area contributed by atoms with E-state index in [0.717, 1.165) is 12.8 Å². The van der Waals surface area contributed by atoms with E-state index in [2.05, 4.69) is 0 Å². The number of amides is 2. The number of piperidine rings is 1. The predicted octanol–water partition coefficient (Wildman–Crippen LogP) is 0.463. The number of rotatable bonds is 4. The molecule has 0 radical (unpaired) electrons. The topological polar surface area (TPSA) is 81.1 Å². The van der Waals surface area contributed by atoms with Crippen LogP contribution in [-0.2, 0) is 4.79 Å². The number of nitrogens with zero attached hydrogens (tertiary/aromatic N) is 2. The van der Waals surface area contributed by atoms with Crippen molar-refractivity contribution in [2.24, 2.45) is 11.8 Å². The molecule has 1 saturated heterocycles. The Labute approximate surface area is 107 Å². The Balaban J connectivity index is 2.50. The van der Waals surface area contributed by atoms with Gasteiger partial charge in [0, 0.05) is 33.3 Å². The summed E-state index contributed by atoms with van der Waals surface area (Å²) in [6, 6.07) is -0.152. The van der Waals surface area contributed by atoms with Gasteiger partial charge in [0.1, 0.15) is 0 Å². The zero-order valence-electron chi connectivity index (χ0n) is 11.0. The molecule has 104 valence electrons. The number of carboxylic acids is 1. The molecular weight excluding hydrogens is 236 g/mol. The van der Waals surface area contributed by atoms with E-state index in [4.69, 9.17) is 10.2 Å². The number of carbonyl (C=O) groups is 2. The minimum absolute atomic E-state index is 0.0963. The van der Waals surface area contributed by atoms with Crippen LogP contribution >= 0.6 is 0 Å². The van der Waals surface area contributed by atoms with E-state index in [-0.39, 0.29) is 25.1 Å². The summed E-state index contributed by atoms with van der Waals surface area (Å²) < 4.78 is 0. The SMILES string of the molecule is CC(CN(C)C(=O)N1CCCC(CO)C1)C(=O)O. The molecule has 0 saturated carbocycles. The van der Waals surface area contributed by atoms with Gasteiger partial charge < -0.3 is 20.0 Å². The van der Waals surface area contributed by atoms with Gasteiger partial charge in [-0.05, 0) is 18.8 Å². The summed E-state index contributed by atoms with van der Waals surface area (Å²) in [5, 5.41) is 17.9. The number of aliphatic hydroxyl groups excluding tert-OH is 1. The van der Waals surface area contributed by atoms with Gasteiger partial charge in [0.05, 0.1) is 5.92 Å². The molecule has 0 bridgehead atoms. The molecule has 0 aromatic heterocycles. The van der Waals surface area contributed by atoms with Crippen molar-refractivity contribution in [1.82, 2.24) is 9.80 Å². The first-order valence-electron chi connectivity index (χ1n) is 6.29. The van der Waals surface area contributed by atoms with Gasteiger partial charge >= 0.3 is 12.0 Å². The summed E-state index contributed by atoms with van der Waals surface area (Å²) in [4.78, 5) is 26.0. The van der Waals surface area contributed by atoms with Gasteiger partial charge in [-0.25, -0.2) is 4.79 Å². The summed E-state index contributed by atoms with van der Waals surface area (Å²) in [6.07, 6.45) is 1.83. The number of aliphatic hydroxyl groups is 1. The van der Waals surface area contributed by atoms with Gasteiger partial charge in [0.25, 0.3) is 0 Å². The molecule has 1 aliphatic heterocycles. The molecule has 2 atom stereocenters. The van der Waals surface area contributed by atoms with E-state index < -0.39 is 11.9 Å². The van der Waals surface area contributed by atoms with Gasteiger partial charge in [-0.15, -0.1) is 0 Å². The van der Waals surface area contributed by atoms with Crippen LogP contribution in [0.1, 0.15) is 19.8 Å². The minimum atomic E-state index is -0.901. The van der Waals surface area contributed by atoms with Crippen LogP contribution in [0.25, 0.3) is 0 Å². The second kappa shape index (κ2) is 6.58. The maximum Gasteiger partial charge on any atom is 0.319 e. The molecule has 6 heteroatoms. The van der Waals surface area contributed by atoms with Crippen molar-refractivity contribution in [3.05, 3.63) is 0 Å². The number of hydrogen-bond acceptors (Lipinski definition) is 3. The van der Waals surface area contributed by atoms with Crippen molar-refractivity contribution in [2.75, 3.05) is 33.3 Å². The Kier molecular flexibility index (Phi) is 5.40. The fourth-order valence-electron chi connectivity index (χ4n) is 2.20. The van der Waals surface area contributed by atoms with Crippen LogP contribution in [0.2, 0.25) is 0 Å². The first-order chi connectivity index (χ1) is 8.45. The minimum Gasteiger partial charge on any atom is -0.481 e. The van der Waals surface area contributed by atoms with Crippen LogP contribution in [0.3, 0.4) is 0 Å². The van der Waals surface area contributed by atoms with Crippen molar-refractivity contribution in [3.63, 3.8) is 0 Å². The molecule has 2 N–H and O–H groups in total. The Hall–Kier alpha value is -1.30. The van der Waals surface area contributed by atoms with Gasteiger partial charge in [-0.3, -0.25) is 4.79 Å². The van der Waals surface area contributed by atoms with Gasteiger partial charge in [-0.2, -0.15) is 0 Å². The van der Waals surface area contributed by atoms with Crippen molar-refractivity contribution in [2.45, 2.75) is 19.8 Å². The lowest BCUT2D eigenvalue weighted by atomic mass is 9.99. The largest absolute Gasteiger partial charge is 0.481 e. The summed E-state index contributed by atoms with van der Waals surface area (Å²) >= 11 is 0. The summed E-state index contributed by atoms with van der Waals surface area (Å²) in [6.45, 7) is 3.12. The lowest BCUT2D eigenvalue weighted by Crippen LogP contribution is -2.48. The monoisotopic (exact) mass is 258 g/mol. The van der Waals surface area contributed by atoms with Gasteiger partial charge in [-0.1, -0.05) is 6.92 Å². The van der Waals surface area contributed by atoms with Crippen LogP contribution in [0.5, 0.6) is 0 Å². The van der Waals surface area contributed by atoms with Crippen molar-refractivity contribution < 1.29 is 19.8 Å². The van der Waals surface area contributed by atoms with Crippen LogP contribution in [-0.4, -0.2) is 65.3 Å². The molecule has 0 aromatic carbocycles. The van der Waals surface area contributed by atoms with Crippen molar-refractivity contribution in [3.8, 4) is 0 Å². The Morgan fingerprint density at radius 2 is 2.17 bits per heavy atom. The average Bonchev–Trinajstić information content (AvgIpc) is 2.37. The van der Waals surface area contributed by atoms with E-state index in [1.165, 1.54) is 4.90 Å². The number of likely N-dealkylation sites (tertiary alicyclic amines) is 1. The fourth-order valence-corrected chi connectivity index (χ4v) is 2.20. The lowest BCUT2D eigenvalue weighted by molar-refractivity contribution is -0.141. The number of carboxylic acid groups (broad SMARTS) is 1. The first kappa shape index (κ1) is 14.8. The number of aliphatic carboxylic acids is 1. The average molecular weight is 258 g/mol. The molecule has 1 heterocycles. The van der Waals surface area contributed by atoms with Crippen molar-refractivity contribution >= 4 is 12.0 Å². The molecule has 2 unspecified atom stereocenters. The molecule has 1 rings (SSSR count). The van der Waals surface area contributed by atoms with E-state index in [1.807, 2.05) is 0 Å². The van der Waals surface area contributed by atoms with Crippen LogP contribution in [0.4, 0.5) is 4.79 Å².